The molecule has 18 heavy (non-hydrogen) atoms. The largest absolute Gasteiger partial charge is 0.424 e. The van der Waals surface area contributed by atoms with E-state index in [1.54, 1.807) is 4.57 Å². The van der Waals surface area contributed by atoms with Gasteiger partial charge in [-0.15, -0.1) is 0 Å². The highest BCUT2D eigenvalue weighted by molar-refractivity contribution is 6.01. The fourth-order valence-electron chi connectivity index (χ4n) is 2.27. The van der Waals surface area contributed by atoms with Gasteiger partial charge in [0.05, 0.1) is 0 Å². The van der Waals surface area contributed by atoms with Crippen molar-refractivity contribution in [1.82, 2.24) is 9.55 Å². The maximum absolute atomic E-state index is 12.3. The Morgan fingerprint density at radius 1 is 1.22 bits per heavy atom. The van der Waals surface area contributed by atoms with Gasteiger partial charge in [-0.2, -0.15) is 0 Å². The molecule has 0 aliphatic carbocycles. The number of oxazole rings is 1. The Labute approximate surface area is 104 Å². The third kappa shape index (κ3) is 1.38. The molecule has 0 spiro atoms. The number of hydrogen-bond acceptors (Lipinski definition) is 3. The van der Waals surface area contributed by atoms with E-state index >= 15 is 0 Å². The second-order valence-electron chi connectivity index (χ2n) is 4.21. The summed E-state index contributed by atoms with van der Waals surface area (Å²) in [5.41, 5.74) is 1.35. The Hall–Kier alpha value is -2.10. The fourth-order valence-corrected chi connectivity index (χ4v) is 2.27. The average molecular weight is 242 g/mol. The number of pyridine rings is 1. The van der Waals surface area contributed by atoms with Crippen LogP contribution >= 0.6 is 0 Å². The van der Waals surface area contributed by atoms with Crippen molar-refractivity contribution in [2.75, 3.05) is 0 Å². The summed E-state index contributed by atoms with van der Waals surface area (Å²) < 4.78 is 7.32. The van der Waals surface area contributed by atoms with Crippen molar-refractivity contribution in [3.63, 3.8) is 0 Å². The standard InChI is InChI=1S/C14H14N2O2/c1-3-11-15-12-9-7-5-6-8-10(9)13(17)16(4-2)14(12)18-11/h5-8H,3-4H2,1-2H3. The van der Waals surface area contributed by atoms with E-state index in [1.807, 2.05) is 38.1 Å². The Bertz CT molecular complexity index is 783. The van der Waals surface area contributed by atoms with Gasteiger partial charge in [-0.25, -0.2) is 4.98 Å². The van der Waals surface area contributed by atoms with Crippen molar-refractivity contribution in [1.29, 1.82) is 0 Å². The second kappa shape index (κ2) is 3.98. The van der Waals surface area contributed by atoms with Gasteiger partial charge < -0.3 is 4.42 Å². The summed E-state index contributed by atoms with van der Waals surface area (Å²) in [4.78, 5) is 16.8. The summed E-state index contributed by atoms with van der Waals surface area (Å²) in [7, 11) is 0. The van der Waals surface area contributed by atoms with Crippen molar-refractivity contribution < 1.29 is 4.42 Å². The molecule has 4 nitrogen and oxygen atoms in total. The summed E-state index contributed by atoms with van der Waals surface area (Å²) >= 11 is 0. The van der Waals surface area contributed by atoms with Crippen LogP contribution in [0.5, 0.6) is 0 Å². The highest BCUT2D eigenvalue weighted by atomic mass is 16.4. The lowest BCUT2D eigenvalue weighted by Crippen LogP contribution is -2.19. The molecule has 0 radical (unpaired) electrons. The SMILES string of the molecule is CCc1nc2c3ccccc3c(=O)n(CC)c2o1. The van der Waals surface area contributed by atoms with Crippen molar-refractivity contribution in [3.8, 4) is 0 Å². The Balaban J connectivity index is 2.60. The Morgan fingerprint density at radius 2 is 1.94 bits per heavy atom. The molecule has 0 aliphatic heterocycles. The summed E-state index contributed by atoms with van der Waals surface area (Å²) in [5.74, 6) is 0.669. The van der Waals surface area contributed by atoms with Gasteiger partial charge >= 0.3 is 0 Å². The van der Waals surface area contributed by atoms with Gasteiger partial charge in [-0.1, -0.05) is 25.1 Å². The Kier molecular flexibility index (Phi) is 2.44. The third-order valence-electron chi connectivity index (χ3n) is 3.18. The molecular weight excluding hydrogens is 228 g/mol. The molecule has 2 aromatic heterocycles. The van der Waals surface area contributed by atoms with Crippen LogP contribution in [0.1, 0.15) is 19.7 Å². The first-order valence-corrected chi connectivity index (χ1v) is 6.17. The topological polar surface area (TPSA) is 48.0 Å². The van der Waals surface area contributed by atoms with Crippen molar-refractivity contribution >= 4 is 22.0 Å². The normalized spacial score (nSPS) is 11.4. The lowest BCUT2D eigenvalue weighted by molar-refractivity contribution is 0.507. The molecule has 0 fully saturated rings. The van der Waals surface area contributed by atoms with Crippen LogP contribution < -0.4 is 5.56 Å². The van der Waals surface area contributed by atoms with Gasteiger partial charge in [0.15, 0.2) is 5.89 Å². The summed E-state index contributed by atoms with van der Waals surface area (Å²) in [5, 5.41) is 1.56. The van der Waals surface area contributed by atoms with E-state index in [9.17, 15) is 4.79 Å². The van der Waals surface area contributed by atoms with Gasteiger partial charge in [0.1, 0.15) is 5.52 Å². The molecule has 0 amide bonds. The molecule has 1 aromatic carbocycles. The molecule has 0 saturated heterocycles. The van der Waals surface area contributed by atoms with Crippen molar-refractivity contribution in [2.24, 2.45) is 0 Å². The van der Waals surface area contributed by atoms with E-state index in [0.717, 1.165) is 17.3 Å². The van der Waals surface area contributed by atoms with Gasteiger partial charge in [-0.05, 0) is 13.0 Å². The van der Waals surface area contributed by atoms with E-state index < -0.39 is 0 Å². The summed E-state index contributed by atoms with van der Waals surface area (Å²) in [6.45, 7) is 4.50. The van der Waals surface area contributed by atoms with Crippen LogP contribution in [-0.2, 0) is 13.0 Å². The lowest BCUT2D eigenvalue weighted by atomic mass is 10.1. The van der Waals surface area contributed by atoms with Crippen LogP contribution in [0.2, 0.25) is 0 Å². The monoisotopic (exact) mass is 242 g/mol. The van der Waals surface area contributed by atoms with Crippen LogP contribution in [0.15, 0.2) is 33.5 Å². The molecule has 4 heteroatoms. The summed E-state index contributed by atoms with van der Waals surface area (Å²) in [6.07, 6.45) is 0.723. The first-order valence-electron chi connectivity index (χ1n) is 6.17. The quantitative estimate of drug-likeness (QED) is 0.694. The smallest absolute Gasteiger partial charge is 0.261 e. The number of fused-ring (bicyclic) bond motifs is 3. The molecule has 0 atom stereocenters. The van der Waals surface area contributed by atoms with Crippen LogP contribution in [0, 0.1) is 0 Å². The molecule has 2 heterocycles. The zero-order chi connectivity index (χ0) is 12.7. The highest BCUT2D eigenvalue weighted by Crippen LogP contribution is 2.23. The zero-order valence-corrected chi connectivity index (χ0v) is 10.4. The lowest BCUT2D eigenvalue weighted by Gasteiger charge is -2.04. The van der Waals surface area contributed by atoms with Gasteiger partial charge in [0.25, 0.3) is 5.56 Å². The zero-order valence-electron chi connectivity index (χ0n) is 10.4. The summed E-state index contributed by atoms with van der Waals surface area (Å²) in [6, 6.07) is 7.54. The van der Waals surface area contributed by atoms with E-state index in [4.69, 9.17) is 4.42 Å². The molecule has 0 N–H and O–H groups in total. The van der Waals surface area contributed by atoms with Crippen LogP contribution in [0.4, 0.5) is 0 Å². The minimum Gasteiger partial charge on any atom is -0.424 e. The fraction of sp³-hybridized carbons (Fsp3) is 0.286. The van der Waals surface area contributed by atoms with Gasteiger partial charge in [0.2, 0.25) is 5.71 Å². The minimum absolute atomic E-state index is 0.0144. The third-order valence-corrected chi connectivity index (χ3v) is 3.18. The average Bonchev–Trinajstić information content (AvgIpc) is 2.84. The first-order chi connectivity index (χ1) is 8.76. The molecule has 0 unspecified atom stereocenters. The molecule has 0 aliphatic rings. The van der Waals surface area contributed by atoms with E-state index in [1.165, 1.54) is 0 Å². The van der Waals surface area contributed by atoms with E-state index in [-0.39, 0.29) is 5.56 Å². The minimum atomic E-state index is -0.0144. The van der Waals surface area contributed by atoms with Crippen LogP contribution in [0.3, 0.4) is 0 Å². The molecule has 0 bridgehead atoms. The maximum Gasteiger partial charge on any atom is 0.261 e. The molecule has 3 rings (SSSR count). The number of aryl methyl sites for hydroxylation is 2. The van der Waals surface area contributed by atoms with E-state index in [2.05, 4.69) is 4.98 Å². The van der Waals surface area contributed by atoms with Crippen molar-refractivity contribution in [3.05, 3.63) is 40.5 Å². The molecule has 92 valence electrons. The number of aromatic nitrogens is 2. The van der Waals surface area contributed by atoms with Gasteiger partial charge in [-0.3, -0.25) is 9.36 Å². The molecule has 3 aromatic rings. The predicted octanol–water partition coefficient (Wildman–Crippen LogP) is 2.73. The maximum atomic E-state index is 12.3. The first kappa shape index (κ1) is 11.0. The Morgan fingerprint density at radius 3 is 2.61 bits per heavy atom. The molecular formula is C14H14N2O2. The predicted molar refractivity (Wildman–Crippen MR) is 70.8 cm³/mol. The van der Waals surface area contributed by atoms with E-state index in [0.29, 0.717) is 23.5 Å². The number of rotatable bonds is 2. The van der Waals surface area contributed by atoms with Gasteiger partial charge in [0, 0.05) is 23.7 Å². The number of hydrogen-bond donors (Lipinski definition) is 0. The highest BCUT2D eigenvalue weighted by Gasteiger charge is 2.14. The molecule has 0 saturated carbocycles. The van der Waals surface area contributed by atoms with Crippen LogP contribution in [0.25, 0.3) is 22.0 Å². The van der Waals surface area contributed by atoms with Crippen molar-refractivity contribution in [2.45, 2.75) is 26.8 Å². The van der Waals surface area contributed by atoms with Crippen LogP contribution in [-0.4, -0.2) is 9.55 Å². The number of benzene rings is 1. The number of nitrogens with zero attached hydrogens (tertiary/aromatic N) is 2. The second-order valence-corrected chi connectivity index (χ2v) is 4.21.